The number of hydrogen-bond donors (Lipinski definition) is 1. The van der Waals surface area contributed by atoms with Crippen LogP contribution in [0.3, 0.4) is 0 Å². The van der Waals surface area contributed by atoms with E-state index in [0.717, 1.165) is 6.20 Å². The minimum absolute atomic E-state index is 0.155. The molecule has 0 aliphatic rings. The van der Waals surface area contributed by atoms with Gasteiger partial charge >= 0.3 is 5.51 Å². The molecule has 3 nitrogen and oxygen atoms in total. The number of H-pyrrole nitrogens is 1. The van der Waals surface area contributed by atoms with Crippen molar-refractivity contribution in [3.05, 3.63) is 11.9 Å². The largest absolute Gasteiger partial charge is 0.446 e. The van der Waals surface area contributed by atoms with Crippen molar-refractivity contribution in [2.45, 2.75) is 10.4 Å². The molecule has 1 aromatic heterocycles. The quantitative estimate of drug-likeness (QED) is 0.579. The maximum Gasteiger partial charge on any atom is 0.446 e. The Hall–Kier alpha value is -0.980. The number of hydrogen-bond acceptors (Lipinski definition) is 3. The van der Waals surface area contributed by atoms with Crippen molar-refractivity contribution in [2.24, 2.45) is 0 Å². The fourth-order valence-corrected chi connectivity index (χ4v) is 1.13. The predicted molar refractivity (Wildman–Crippen MR) is 35.9 cm³/mol. The van der Waals surface area contributed by atoms with Crippen LogP contribution in [0, 0.1) is 0 Å². The molecule has 0 aliphatic heterocycles. The zero-order valence-electron chi connectivity index (χ0n) is 5.55. The van der Waals surface area contributed by atoms with Crippen molar-refractivity contribution in [3.63, 3.8) is 0 Å². The topological polar surface area (TPSA) is 45.8 Å². The number of nitrogens with one attached hydrogen (secondary N) is 1. The molecule has 0 amide bonds. The molecule has 1 heterocycles. The Morgan fingerprint density at radius 3 is 2.75 bits per heavy atom. The van der Waals surface area contributed by atoms with Crippen molar-refractivity contribution in [1.29, 1.82) is 0 Å². The molecular weight excluding hydrogens is 193 g/mol. The number of nitrogens with zero attached hydrogens (tertiary/aromatic N) is 1. The molecule has 12 heavy (non-hydrogen) atoms. The highest BCUT2D eigenvalue weighted by Crippen LogP contribution is 2.37. The van der Waals surface area contributed by atoms with E-state index < -0.39 is 5.51 Å². The third-order valence-electron chi connectivity index (χ3n) is 0.976. The second kappa shape index (κ2) is 3.18. The van der Waals surface area contributed by atoms with Gasteiger partial charge < -0.3 is 0 Å². The van der Waals surface area contributed by atoms with Gasteiger partial charge in [0.1, 0.15) is 5.69 Å². The zero-order valence-corrected chi connectivity index (χ0v) is 6.37. The van der Waals surface area contributed by atoms with Gasteiger partial charge in [0.2, 0.25) is 0 Å². The lowest BCUT2D eigenvalue weighted by Crippen LogP contribution is -1.99. The summed E-state index contributed by atoms with van der Waals surface area (Å²) in [7, 11) is 0. The standard InChI is InChI=1S/C5H3F3N2OS/c6-5(7,8)12-4-1-9-10-3(4)2-11/h1-2H,(H,9,10). The second-order valence-corrected chi connectivity index (χ2v) is 2.92. The molecule has 0 bridgehead atoms. The van der Waals surface area contributed by atoms with Crippen LogP contribution in [0.4, 0.5) is 13.2 Å². The first-order chi connectivity index (χ1) is 5.53. The summed E-state index contributed by atoms with van der Waals surface area (Å²) in [6.45, 7) is 0. The molecule has 0 aromatic carbocycles. The lowest BCUT2D eigenvalue weighted by molar-refractivity contribution is -0.0328. The first-order valence-corrected chi connectivity index (χ1v) is 3.59. The number of thioether (sulfide) groups is 1. The molecule has 0 fully saturated rings. The number of halogens is 3. The van der Waals surface area contributed by atoms with Gasteiger partial charge in [-0.3, -0.25) is 9.89 Å². The van der Waals surface area contributed by atoms with Gasteiger partial charge in [-0.2, -0.15) is 18.3 Å². The molecule has 66 valence electrons. The fourth-order valence-electron chi connectivity index (χ4n) is 0.576. The molecule has 7 heteroatoms. The summed E-state index contributed by atoms with van der Waals surface area (Å²) >= 11 is -0.366. The highest BCUT2D eigenvalue weighted by atomic mass is 32.2. The molecule has 1 rings (SSSR count). The lowest BCUT2D eigenvalue weighted by atomic mass is 10.5. The Morgan fingerprint density at radius 2 is 2.25 bits per heavy atom. The number of rotatable bonds is 2. The van der Waals surface area contributed by atoms with Crippen LogP contribution in [0.25, 0.3) is 0 Å². The van der Waals surface area contributed by atoms with Gasteiger partial charge in [0.15, 0.2) is 6.29 Å². The summed E-state index contributed by atoms with van der Waals surface area (Å²) in [5.41, 5.74) is -4.54. The van der Waals surface area contributed by atoms with Gasteiger partial charge in [-0.1, -0.05) is 0 Å². The van der Waals surface area contributed by atoms with Crippen LogP contribution < -0.4 is 0 Å². The summed E-state index contributed by atoms with van der Waals surface area (Å²) in [5, 5.41) is 5.44. The van der Waals surface area contributed by atoms with E-state index in [1.165, 1.54) is 0 Å². The third kappa shape index (κ3) is 2.26. The van der Waals surface area contributed by atoms with E-state index in [1.54, 1.807) is 0 Å². The molecule has 0 spiro atoms. The molecular formula is C5H3F3N2OS. The van der Waals surface area contributed by atoms with Crippen molar-refractivity contribution in [2.75, 3.05) is 0 Å². The van der Waals surface area contributed by atoms with Gasteiger partial charge in [-0.25, -0.2) is 0 Å². The van der Waals surface area contributed by atoms with Crippen molar-refractivity contribution in [3.8, 4) is 0 Å². The van der Waals surface area contributed by atoms with E-state index in [9.17, 15) is 18.0 Å². The number of carbonyl (C=O) groups excluding carboxylic acids is 1. The Morgan fingerprint density at radius 1 is 1.58 bits per heavy atom. The predicted octanol–water partition coefficient (Wildman–Crippen LogP) is 1.83. The van der Waals surface area contributed by atoms with Crippen molar-refractivity contribution in [1.82, 2.24) is 10.2 Å². The van der Waals surface area contributed by atoms with Gasteiger partial charge in [0.25, 0.3) is 0 Å². The minimum atomic E-state index is -4.39. The SMILES string of the molecule is O=Cc1[nH]ncc1SC(F)(F)F. The van der Waals surface area contributed by atoms with E-state index in [1.807, 2.05) is 0 Å². The van der Waals surface area contributed by atoms with Crippen molar-refractivity contribution >= 4 is 18.0 Å². The number of aldehydes is 1. The molecule has 0 radical (unpaired) electrons. The number of alkyl halides is 3. The van der Waals surface area contributed by atoms with Gasteiger partial charge in [0.05, 0.1) is 11.1 Å². The molecule has 0 atom stereocenters. The Bertz CT molecular complexity index is 282. The average Bonchev–Trinajstić information content (AvgIpc) is 2.31. The molecule has 0 saturated heterocycles. The Labute approximate surface area is 69.3 Å². The normalized spacial score (nSPS) is 11.6. The number of aromatic nitrogens is 2. The van der Waals surface area contributed by atoms with E-state index >= 15 is 0 Å². The maximum absolute atomic E-state index is 11.7. The number of carbonyl (C=O) groups is 1. The first-order valence-electron chi connectivity index (χ1n) is 2.77. The van der Waals surface area contributed by atoms with Crippen LogP contribution >= 0.6 is 11.8 Å². The Kier molecular flexibility index (Phi) is 2.41. The summed E-state index contributed by atoms with van der Waals surface area (Å²) in [5.74, 6) is 0. The summed E-state index contributed by atoms with van der Waals surface area (Å²) in [6, 6.07) is 0. The van der Waals surface area contributed by atoms with E-state index in [2.05, 4.69) is 10.2 Å². The minimum Gasteiger partial charge on any atom is -0.296 e. The second-order valence-electron chi connectivity index (χ2n) is 1.81. The molecule has 0 saturated carbocycles. The maximum atomic E-state index is 11.7. The van der Waals surface area contributed by atoms with Crippen LogP contribution in [0.2, 0.25) is 0 Å². The molecule has 0 unspecified atom stereocenters. The highest BCUT2D eigenvalue weighted by molar-refractivity contribution is 8.00. The number of aromatic amines is 1. The zero-order chi connectivity index (χ0) is 9.19. The van der Waals surface area contributed by atoms with Crippen LogP contribution in [-0.2, 0) is 0 Å². The van der Waals surface area contributed by atoms with Gasteiger partial charge in [-0.05, 0) is 11.8 Å². The fraction of sp³-hybridized carbons (Fsp3) is 0.200. The first kappa shape index (κ1) is 9.11. The van der Waals surface area contributed by atoms with Crippen LogP contribution in [-0.4, -0.2) is 22.0 Å². The third-order valence-corrected chi connectivity index (χ3v) is 1.75. The van der Waals surface area contributed by atoms with Crippen molar-refractivity contribution < 1.29 is 18.0 Å². The molecule has 1 N–H and O–H groups in total. The summed E-state index contributed by atoms with van der Waals surface area (Å²) in [4.78, 5) is 9.91. The highest BCUT2D eigenvalue weighted by Gasteiger charge is 2.30. The van der Waals surface area contributed by atoms with E-state index in [4.69, 9.17) is 0 Å². The molecule has 0 aliphatic carbocycles. The summed E-state index contributed by atoms with van der Waals surface area (Å²) < 4.78 is 35.2. The Balaban J connectivity index is 2.81. The average molecular weight is 196 g/mol. The van der Waals surface area contributed by atoms with Gasteiger partial charge in [0, 0.05) is 0 Å². The lowest BCUT2D eigenvalue weighted by Gasteiger charge is -2.02. The van der Waals surface area contributed by atoms with Crippen LogP contribution in [0.1, 0.15) is 10.5 Å². The van der Waals surface area contributed by atoms with Crippen LogP contribution in [0.15, 0.2) is 11.1 Å². The van der Waals surface area contributed by atoms with E-state index in [-0.39, 0.29) is 22.4 Å². The van der Waals surface area contributed by atoms with Gasteiger partial charge in [-0.15, -0.1) is 0 Å². The van der Waals surface area contributed by atoms with E-state index in [0.29, 0.717) is 6.29 Å². The van der Waals surface area contributed by atoms with Crippen LogP contribution in [0.5, 0.6) is 0 Å². The summed E-state index contributed by atoms with van der Waals surface area (Å²) in [6.07, 6.45) is 1.25. The smallest absolute Gasteiger partial charge is 0.296 e. The molecule has 1 aromatic rings. The monoisotopic (exact) mass is 196 g/mol.